The number of hydrogen-bond donors (Lipinski definition) is 1. The number of aryl methyl sites for hydroxylation is 2. The Morgan fingerprint density at radius 2 is 1.65 bits per heavy atom. The molecule has 0 aliphatic carbocycles. The third-order valence-corrected chi connectivity index (χ3v) is 3.50. The first-order valence-corrected chi connectivity index (χ1v) is 6.86. The molecule has 0 saturated carbocycles. The summed E-state index contributed by atoms with van der Waals surface area (Å²) in [5.41, 5.74) is 4.92. The Bertz CT molecular complexity index is 617. The fourth-order valence-corrected chi connectivity index (χ4v) is 2.58. The van der Waals surface area contributed by atoms with Crippen LogP contribution in [0.25, 0.3) is 0 Å². The number of hydrogen-bond acceptors (Lipinski definition) is 3. The molecule has 3 rings (SSSR count). The Morgan fingerprint density at radius 1 is 0.950 bits per heavy atom. The average molecular weight is 269 g/mol. The molecule has 0 aromatic heterocycles. The van der Waals surface area contributed by atoms with Gasteiger partial charge in [-0.25, -0.2) is 0 Å². The first-order valence-electron chi connectivity index (χ1n) is 6.86. The van der Waals surface area contributed by atoms with Crippen molar-refractivity contribution >= 4 is 5.69 Å². The van der Waals surface area contributed by atoms with Crippen LogP contribution in [0.2, 0.25) is 0 Å². The number of fused-ring (bicyclic) bond motifs is 1. The van der Waals surface area contributed by atoms with Crippen LogP contribution in [0.4, 0.5) is 5.69 Å². The fraction of sp³-hybridized carbons (Fsp3) is 0.294. The third kappa shape index (κ3) is 2.57. The number of nitrogens with one attached hydrogen (secondary N) is 1. The van der Waals surface area contributed by atoms with E-state index in [1.54, 1.807) is 0 Å². The maximum atomic E-state index is 5.40. The zero-order valence-electron chi connectivity index (χ0n) is 12.1. The molecule has 1 atom stereocenters. The van der Waals surface area contributed by atoms with E-state index < -0.39 is 0 Å². The lowest BCUT2D eigenvalue weighted by Crippen LogP contribution is -2.07. The first-order chi connectivity index (χ1) is 9.61. The lowest BCUT2D eigenvalue weighted by Gasteiger charge is -2.17. The van der Waals surface area contributed by atoms with E-state index in [0.717, 1.165) is 17.2 Å². The number of benzene rings is 2. The summed E-state index contributed by atoms with van der Waals surface area (Å²) < 4.78 is 10.7. The minimum Gasteiger partial charge on any atom is -0.454 e. The van der Waals surface area contributed by atoms with Crippen LogP contribution >= 0.6 is 0 Å². The fourth-order valence-electron chi connectivity index (χ4n) is 2.58. The maximum Gasteiger partial charge on any atom is 0.231 e. The van der Waals surface area contributed by atoms with Crippen LogP contribution in [-0.4, -0.2) is 6.79 Å². The summed E-state index contributed by atoms with van der Waals surface area (Å²) in [6, 6.07) is 12.8. The Labute approximate surface area is 119 Å². The van der Waals surface area contributed by atoms with Crippen LogP contribution in [0, 0.1) is 13.8 Å². The molecular formula is C17H19NO2. The highest BCUT2D eigenvalue weighted by atomic mass is 16.7. The molecule has 1 N–H and O–H groups in total. The summed E-state index contributed by atoms with van der Waals surface area (Å²) in [6.07, 6.45) is 0. The Balaban J connectivity index is 1.80. The molecule has 1 aliphatic heterocycles. The average Bonchev–Trinajstić information content (AvgIpc) is 2.85. The largest absolute Gasteiger partial charge is 0.454 e. The molecule has 2 aromatic rings. The summed E-state index contributed by atoms with van der Waals surface area (Å²) in [7, 11) is 0. The highest BCUT2D eigenvalue weighted by molar-refractivity contribution is 5.56. The van der Waals surface area contributed by atoms with Crippen LogP contribution in [0.1, 0.15) is 29.7 Å². The van der Waals surface area contributed by atoms with Crippen molar-refractivity contribution in [3.63, 3.8) is 0 Å². The maximum absolute atomic E-state index is 5.40. The van der Waals surface area contributed by atoms with Crippen molar-refractivity contribution in [1.82, 2.24) is 0 Å². The SMILES string of the molecule is Cc1cc(C)cc(C(C)Nc2ccc3c(c2)OCO3)c1. The lowest BCUT2D eigenvalue weighted by atomic mass is 10.0. The van der Waals surface area contributed by atoms with E-state index in [2.05, 4.69) is 44.3 Å². The van der Waals surface area contributed by atoms with Crippen molar-refractivity contribution in [2.24, 2.45) is 0 Å². The number of anilines is 1. The summed E-state index contributed by atoms with van der Waals surface area (Å²) >= 11 is 0. The molecule has 1 unspecified atom stereocenters. The van der Waals surface area contributed by atoms with Crippen molar-refractivity contribution in [3.8, 4) is 11.5 Å². The normalized spacial score (nSPS) is 14.2. The second kappa shape index (κ2) is 5.08. The molecule has 2 aromatic carbocycles. The van der Waals surface area contributed by atoms with Crippen molar-refractivity contribution in [2.45, 2.75) is 26.8 Å². The van der Waals surface area contributed by atoms with E-state index in [0.29, 0.717) is 6.79 Å². The van der Waals surface area contributed by atoms with Crippen molar-refractivity contribution < 1.29 is 9.47 Å². The molecule has 0 spiro atoms. The van der Waals surface area contributed by atoms with E-state index in [1.165, 1.54) is 16.7 Å². The molecule has 104 valence electrons. The predicted molar refractivity (Wildman–Crippen MR) is 80.5 cm³/mol. The van der Waals surface area contributed by atoms with Crippen LogP contribution in [-0.2, 0) is 0 Å². The highest BCUT2D eigenvalue weighted by Crippen LogP contribution is 2.35. The van der Waals surface area contributed by atoms with Gasteiger partial charge in [-0.15, -0.1) is 0 Å². The second-order valence-corrected chi connectivity index (χ2v) is 5.36. The van der Waals surface area contributed by atoms with Gasteiger partial charge in [0.1, 0.15) is 0 Å². The standard InChI is InChI=1S/C17H19NO2/c1-11-6-12(2)8-14(7-11)13(3)18-15-4-5-16-17(9-15)20-10-19-16/h4-9,13,18H,10H2,1-3H3. The van der Waals surface area contributed by atoms with Gasteiger partial charge in [-0.05, 0) is 38.5 Å². The molecule has 0 amide bonds. The van der Waals surface area contributed by atoms with Gasteiger partial charge in [-0.3, -0.25) is 0 Å². The van der Waals surface area contributed by atoms with E-state index in [4.69, 9.17) is 9.47 Å². The van der Waals surface area contributed by atoms with E-state index in [-0.39, 0.29) is 6.04 Å². The molecule has 0 fully saturated rings. The molecule has 0 bridgehead atoms. The van der Waals surface area contributed by atoms with E-state index in [9.17, 15) is 0 Å². The summed E-state index contributed by atoms with van der Waals surface area (Å²) in [4.78, 5) is 0. The topological polar surface area (TPSA) is 30.5 Å². The van der Waals surface area contributed by atoms with Gasteiger partial charge in [0, 0.05) is 17.8 Å². The zero-order chi connectivity index (χ0) is 14.1. The smallest absolute Gasteiger partial charge is 0.231 e. The van der Waals surface area contributed by atoms with Crippen LogP contribution in [0.3, 0.4) is 0 Å². The molecule has 3 nitrogen and oxygen atoms in total. The van der Waals surface area contributed by atoms with Gasteiger partial charge < -0.3 is 14.8 Å². The summed E-state index contributed by atoms with van der Waals surface area (Å²) in [6.45, 7) is 6.73. The first kappa shape index (κ1) is 12.9. The van der Waals surface area contributed by atoms with Crippen LogP contribution in [0.15, 0.2) is 36.4 Å². The van der Waals surface area contributed by atoms with Gasteiger partial charge in [0.2, 0.25) is 6.79 Å². The molecule has 1 aliphatic rings. The second-order valence-electron chi connectivity index (χ2n) is 5.36. The van der Waals surface area contributed by atoms with Gasteiger partial charge in [-0.2, -0.15) is 0 Å². The van der Waals surface area contributed by atoms with E-state index >= 15 is 0 Å². The minimum atomic E-state index is 0.244. The Hall–Kier alpha value is -2.16. The molecular weight excluding hydrogens is 250 g/mol. The van der Waals surface area contributed by atoms with Gasteiger partial charge in [0.05, 0.1) is 0 Å². The molecule has 1 heterocycles. The summed E-state index contributed by atoms with van der Waals surface area (Å²) in [5.74, 6) is 1.62. The summed E-state index contributed by atoms with van der Waals surface area (Å²) in [5, 5.41) is 3.51. The molecule has 0 radical (unpaired) electrons. The van der Waals surface area contributed by atoms with Gasteiger partial charge in [0.25, 0.3) is 0 Å². The van der Waals surface area contributed by atoms with Crippen LogP contribution < -0.4 is 14.8 Å². The Kier molecular flexibility index (Phi) is 3.26. The van der Waals surface area contributed by atoms with Crippen molar-refractivity contribution in [3.05, 3.63) is 53.1 Å². The molecule has 3 heteroatoms. The van der Waals surface area contributed by atoms with Gasteiger partial charge in [0.15, 0.2) is 11.5 Å². The quantitative estimate of drug-likeness (QED) is 0.905. The highest BCUT2D eigenvalue weighted by Gasteiger charge is 2.14. The Morgan fingerprint density at radius 3 is 2.40 bits per heavy atom. The monoisotopic (exact) mass is 269 g/mol. The van der Waals surface area contributed by atoms with Gasteiger partial charge >= 0.3 is 0 Å². The zero-order valence-corrected chi connectivity index (χ0v) is 12.1. The number of ether oxygens (including phenoxy) is 2. The lowest BCUT2D eigenvalue weighted by molar-refractivity contribution is 0.174. The van der Waals surface area contributed by atoms with E-state index in [1.807, 2.05) is 18.2 Å². The molecule has 20 heavy (non-hydrogen) atoms. The minimum absolute atomic E-state index is 0.244. The predicted octanol–water partition coefficient (Wildman–Crippen LogP) is 4.21. The molecule has 0 saturated heterocycles. The van der Waals surface area contributed by atoms with Crippen LogP contribution in [0.5, 0.6) is 11.5 Å². The number of rotatable bonds is 3. The van der Waals surface area contributed by atoms with Crippen molar-refractivity contribution in [1.29, 1.82) is 0 Å². The van der Waals surface area contributed by atoms with Crippen molar-refractivity contribution in [2.75, 3.05) is 12.1 Å². The third-order valence-electron chi connectivity index (χ3n) is 3.50. The van der Waals surface area contributed by atoms with Gasteiger partial charge in [-0.1, -0.05) is 29.3 Å².